The Hall–Kier alpha value is -7.99. The van der Waals surface area contributed by atoms with E-state index in [0.717, 1.165) is 0 Å². The van der Waals surface area contributed by atoms with E-state index in [1.165, 1.54) is 60.4 Å². The van der Waals surface area contributed by atoms with Gasteiger partial charge < -0.3 is 95.5 Å². The lowest BCUT2D eigenvalue weighted by molar-refractivity contribution is -0.143. The number of amides is 10. The van der Waals surface area contributed by atoms with Crippen molar-refractivity contribution in [3.8, 4) is 11.5 Å². The van der Waals surface area contributed by atoms with Crippen LogP contribution in [0.15, 0.2) is 48.5 Å². The lowest BCUT2D eigenvalue weighted by atomic mass is 9.96. The maximum atomic E-state index is 14.5. The van der Waals surface area contributed by atoms with E-state index in [4.69, 9.17) is 17.2 Å². The van der Waals surface area contributed by atoms with Crippen molar-refractivity contribution in [1.29, 1.82) is 0 Å². The number of benzene rings is 2. The minimum atomic E-state index is -1.74. The number of nitrogens with two attached hydrogens (primary N) is 3. The van der Waals surface area contributed by atoms with Crippen LogP contribution in [0, 0.1) is 5.92 Å². The molecular weight excluding hydrogens is 1090 g/mol. The molecular formula is C54H83N13O16. The minimum absolute atomic E-state index is 0.00145. The number of hydrogen-bond donors (Lipinski definition) is 17. The molecule has 20 N–H and O–H groups in total. The summed E-state index contributed by atoms with van der Waals surface area (Å²) in [5, 5.41) is 71.7. The number of aliphatic hydroxyl groups excluding tert-OH is 2. The van der Waals surface area contributed by atoms with Crippen LogP contribution in [0.4, 0.5) is 0 Å². The van der Waals surface area contributed by atoms with Crippen LogP contribution in [-0.2, 0) is 65.6 Å². The number of nitrogens with one attached hydrogen (secondary N) is 9. The third kappa shape index (κ3) is 23.1. The van der Waals surface area contributed by atoms with Gasteiger partial charge in [0, 0.05) is 19.4 Å². The van der Waals surface area contributed by atoms with Gasteiger partial charge >= 0.3 is 5.97 Å². The average molecular weight is 1170 g/mol. The van der Waals surface area contributed by atoms with Gasteiger partial charge in [-0.05, 0) is 113 Å². The van der Waals surface area contributed by atoms with E-state index in [1.807, 2.05) is 0 Å². The monoisotopic (exact) mass is 1170 g/mol. The molecule has 1 saturated heterocycles. The molecule has 2 aromatic carbocycles. The van der Waals surface area contributed by atoms with Gasteiger partial charge in [0.15, 0.2) is 0 Å². The number of aliphatic hydroxyl groups is 2. The summed E-state index contributed by atoms with van der Waals surface area (Å²) < 4.78 is 0. The van der Waals surface area contributed by atoms with Gasteiger partial charge in [0.25, 0.3) is 0 Å². The number of likely N-dealkylation sites (tertiary alicyclic amines) is 1. The van der Waals surface area contributed by atoms with Gasteiger partial charge in [0.1, 0.15) is 65.9 Å². The molecule has 0 radical (unpaired) electrons. The van der Waals surface area contributed by atoms with Crippen LogP contribution in [0.1, 0.15) is 89.7 Å². The zero-order valence-electron chi connectivity index (χ0n) is 47.0. The SMILES string of the molecule is CC[C@H](C)[C@H](NC(=O)[C@H](Cc1ccc(O)cc1)NC(=O)[C@H](Cc1ccc(O)cc1)NC(=O)CNC(=O)[C@H](C)NC(=O)[C@@H]1CCCN1C(=O)CN)C(=O)N[C@@H](CO)C(=O)N[C@@H](CCCCN)C(=O)N[C@@H](CCCCN)C(=O)N[C@@H](CO)C(=O)O. The number of rotatable bonds is 36. The molecule has 10 amide bonds. The van der Waals surface area contributed by atoms with Crippen LogP contribution in [-0.4, -0.2) is 196 Å². The van der Waals surface area contributed by atoms with Crippen LogP contribution in [0.5, 0.6) is 11.5 Å². The highest BCUT2D eigenvalue weighted by Gasteiger charge is 2.37. The number of phenolic OH excluding ortho intramolecular Hbond substituents is 2. The van der Waals surface area contributed by atoms with Gasteiger partial charge in [-0.15, -0.1) is 0 Å². The van der Waals surface area contributed by atoms with Gasteiger partial charge in [0.05, 0.1) is 26.3 Å². The highest BCUT2D eigenvalue weighted by atomic mass is 16.4. The van der Waals surface area contributed by atoms with Crippen LogP contribution in [0.25, 0.3) is 0 Å². The first kappa shape index (κ1) is 69.3. The molecule has 0 spiro atoms. The van der Waals surface area contributed by atoms with Crippen molar-refractivity contribution in [1.82, 2.24) is 52.8 Å². The number of hydrogen-bond acceptors (Lipinski definition) is 18. The van der Waals surface area contributed by atoms with E-state index in [-0.39, 0.29) is 69.7 Å². The van der Waals surface area contributed by atoms with Gasteiger partial charge in [-0.2, -0.15) is 0 Å². The zero-order valence-corrected chi connectivity index (χ0v) is 47.0. The minimum Gasteiger partial charge on any atom is -0.508 e. The van der Waals surface area contributed by atoms with Crippen LogP contribution < -0.4 is 65.1 Å². The number of carboxylic acids is 1. The number of aliphatic carboxylic acids is 1. The molecule has 1 aliphatic rings. The van der Waals surface area contributed by atoms with Crippen molar-refractivity contribution in [2.24, 2.45) is 23.1 Å². The van der Waals surface area contributed by atoms with E-state index in [2.05, 4.69) is 47.9 Å². The molecule has 29 heteroatoms. The Balaban J connectivity index is 1.86. The Kier molecular flexibility index (Phi) is 29.9. The fourth-order valence-corrected chi connectivity index (χ4v) is 8.76. The highest BCUT2D eigenvalue weighted by Crippen LogP contribution is 2.19. The van der Waals surface area contributed by atoms with Crippen LogP contribution >= 0.6 is 0 Å². The molecule has 1 heterocycles. The molecule has 83 heavy (non-hydrogen) atoms. The summed E-state index contributed by atoms with van der Waals surface area (Å²) in [5.41, 5.74) is 17.7. The first-order valence-electron chi connectivity index (χ1n) is 27.6. The topological polar surface area (TPSA) is 478 Å². The first-order chi connectivity index (χ1) is 39.5. The Bertz CT molecular complexity index is 2510. The third-order valence-corrected chi connectivity index (χ3v) is 13.8. The van der Waals surface area contributed by atoms with Crippen LogP contribution in [0.2, 0.25) is 0 Å². The second-order valence-electron chi connectivity index (χ2n) is 20.2. The number of carboxylic acid groups (broad SMARTS) is 1. The summed E-state index contributed by atoms with van der Waals surface area (Å²) in [6, 6.07) is -1.29. The first-order valence-corrected chi connectivity index (χ1v) is 27.6. The van der Waals surface area contributed by atoms with E-state index in [0.29, 0.717) is 49.8 Å². The molecule has 0 aromatic heterocycles. The number of unbranched alkanes of at least 4 members (excludes halogenated alkanes) is 2. The Morgan fingerprint density at radius 2 is 1.01 bits per heavy atom. The molecule has 1 fully saturated rings. The third-order valence-electron chi connectivity index (χ3n) is 13.8. The molecule has 3 rings (SSSR count). The lowest BCUT2D eigenvalue weighted by Crippen LogP contribution is -2.62. The summed E-state index contributed by atoms with van der Waals surface area (Å²) >= 11 is 0. The van der Waals surface area contributed by atoms with Crippen molar-refractivity contribution in [2.45, 2.75) is 146 Å². The van der Waals surface area contributed by atoms with Crippen molar-refractivity contribution in [3.63, 3.8) is 0 Å². The smallest absolute Gasteiger partial charge is 0.328 e. The molecule has 2 aromatic rings. The molecule has 460 valence electrons. The number of aromatic hydroxyl groups is 2. The maximum absolute atomic E-state index is 14.5. The van der Waals surface area contributed by atoms with Crippen molar-refractivity contribution in [3.05, 3.63) is 59.7 Å². The predicted molar refractivity (Wildman–Crippen MR) is 299 cm³/mol. The average Bonchev–Trinajstić information content (AvgIpc) is 4.04. The summed E-state index contributed by atoms with van der Waals surface area (Å²) in [6.45, 7) is 2.52. The van der Waals surface area contributed by atoms with E-state index >= 15 is 0 Å². The van der Waals surface area contributed by atoms with E-state index < -0.39 is 145 Å². The van der Waals surface area contributed by atoms with Gasteiger partial charge in [0.2, 0.25) is 59.1 Å². The van der Waals surface area contributed by atoms with Gasteiger partial charge in [-0.1, -0.05) is 44.5 Å². The Labute approximate surface area is 480 Å². The molecule has 1 aliphatic heterocycles. The summed E-state index contributed by atoms with van der Waals surface area (Å²) in [6.07, 6.45) is 2.11. The summed E-state index contributed by atoms with van der Waals surface area (Å²) in [7, 11) is 0. The Morgan fingerprint density at radius 3 is 1.48 bits per heavy atom. The summed E-state index contributed by atoms with van der Waals surface area (Å²) in [5.74, 6) is -10.8. The second-order valence-corrected chi connectivity index (χ2v) is 20.2. The van der Waals surface area contributed by atoms with Gasteiger partial charge in [-0.25, -0.2) is 4.79 Å². The molecule has 0 aliphatic carbocycles. The van der Waals surface area contributed by atoms with E-state index in [9.17, 15) is 78.3 Å². The molecule has 0 bridgehead atoms. The maximum Gasteiger partial charge on any atom is 0.328 e. The van der Waals surface area contributed by atoms with Crippen molar-refractivity contribution in [2.75, 3.05) is 45.9 Å². The lowest BCUT2D eigenvalue weighted by Gasteiger charge is -2.29. The molecule has 0 unspecified atom stereocenters. The predicted octanol–water partition coefficient (Wildman–Crippen LogP) is -4.78. The Morgan fingerprint density at radius 1 is 0.566 bits per heavy atom. The van der Waals surface area contributed by atoms with E-state index in [1.54, 1.807) is 13.8 Å². The normalized spacial score (nSPS) is 16.1. The van der Waals surface area contributed by atoms with Crippen molar-refractivity contribution >= 4 is 65.0 Å². The largest absolute Gasteiger partial charge is 0.508 e. The standard InChI is InChI=1S/C54H83N13O16/c1-4-30(2)45(53(81)64-40(28-68)51(79)62-36(10-5-7-21-55)47(75)61-37(11-6-8-22-56)48(76)65-41(29-69)54(82)83)66-50(78)39(25-33-15-19-35(71)20-16-33)63-49(77)38(24-32-13-17-34(70)18-14-32)60-43(72)27-58-46(74)31(3)59-52(80)42-12-9-23-67(42)44(73)26-57/h13-20,30-31,36-42,45,68-71H,4-12,21-29,55-57H2,1-3H3,(H,58,74)(H,59,80)(H,60,72)(H,61,75)(H,62,79)(H,63,77)(H,64,81)(H,65,76)(H,66,78)(H,82,83)/t30-,31-,36-,37-,38-,39-,40-,41-,42-,45-/m0/s1. The number of phenols is 2. The highest BCUT2D eigenvalue weighted by molar-refractivity contribution is 5.98. The van der Waals surface area contributed by atoms with Gasteiger partial charge in [-0.3, -0.25) is 47.9 Å². The quantitative estimate of drug-likeness (QED) is 0.0285. The summed E-state index contributed by atoms with van der Waals surface area (Å²) in [4.78, 5) is 149. The molecule has 10 atom stereocenters. The molecule has 0 saturated carbocycles. The number of carbonyl (C=O) groups excluding carboxylic acids is 10. The fourth-order valence-electron chi connectivity index (χ4n) is 8.76. The second kappa shape index (κ2) is 35.8. The van der Waals surface area contributed by atoms with Crippen molar-refractivity contribution < 1.29 is 78.3 Å². The van der Waals surface area contributed by atoms with Crippen LogP contribution in [0.3, 0.4) is 0 Å². The fraction of sp³-hybridized carbons (Fsp3) is 0.574. The molecule has 29 nitrogen and oxygen atoms in total. The number of nitrogens with zero attached hydrogens (tertiary/aromatic N) is 1. The zero-order chi connectivity index (χ0) is 61.8. The number of carbonyl (C=O) groups is 11.